The molecule has 0 atom stereocenters. The second-order valence-electron chi connectivity index (χ2n) is 3.03. The summed E-state index contributed by atoms with van der Waals surface area (Å²) in [7, 11) is 0. The van der Waals surface area contributed by atoms with Gasteiger partial charge < -0.3 is 10.2 Å². The second-order valence-corrected chi connectivity index (χ2v) is 3.03. The quantitative estimate of drug-likeness (QED) is 0.695. The fourth-order valence-corrected chi connectivity index (χ4v) is 1.14. The molecule has 0 aromatic carbocycles. The van der Waals surface area contributed by atoms with E-state index in [1.54, 1.807) is 0 Å². The Kier molecular flexibility index (Phi) is 1.46. The topological polar surface area (TPSA) is 52.0 Å². The monoisotopic (exact) mass is 152 g/mol. The maximum atomic E-state index is 5.46. The van der Waals surface area contributed by atoms with Crippen LogP contribution in [-0.4, -0.2) is 4.98 Å². The molecule has 0 saturated heterocycles. The molecular formula is C8H12N2O. The molecule has 0 amide bonds. The van der Waals surface area contributed by atoms with Gasteiger partial charge in [-0.05, 0) is 19.8 Å². The van der Waals surface area contributed by atoms with E-state index in [-0.39, 0.29) is 0 Å². The highest BCUT2D eigenvalue weighted by Gasteiger charge is 2.29. The molecular weight excluding hydrogens is 140 g/mol. The fourth-order valence-electron chi connectivity index (χ4n) is 1.14. The van der Waals surface area contributed by atoms with Crippen LogP contribution < -0.4 is 5.73 Å². The van der Waals surface area contributed by atoms with Crippen molar-refractivity contribution in [1.29, 1.82) is 0 Å². The molecule has 0 unspecified atom stereocenters. The molecule has 2 rings (SSSR count). The second kappa shape index (κ2) is 2.34. The Hall–Kier alpha value is -0.830. The number of hydrogen-bond acceptors (Lipinski definition) is 3. The number of aryl methyl sites for hydroxylation is 1. The van der Waals surface area contributed by atoms with E-state index in [0.717, 1.165) is 17.3 Å². The molecule has 1 aromatic heterocycles. The van der Waals surface area contributed by atoms with Gasteiger partial charge in [-0.3, -0.25) is 0 Å². The van der Waals surface area contributed by atoms with Crippen molar-refractivity contribution >= 4 is 0 Å². The zero-order valence-electron chi connectivity index (χ0n) is 6.63. The van der Waals surface area contributed by atoms with E-state index < -0.39 is 0 Å². The van der Waals surface area contributed by atoms with Gasteiger partial charge in [0.2, 0.25) is 0 Å². The Morgan fingerprint density at radius 1 is 1.64 bits per heavy atom. The Labute approximate surface area is 65.6 Å². The summed E-state index contributed by atoms with van der Waals surface area (Å²) < 4.78 is 5.44. The highest BCUT2D eigenvalue weighted by atomic mass is 16.4. The van der Waals surface area contributed by atoms with Crippen LogP contribution in [0.1, 0.15) is 36.1 Å². The van der Waals surface area contributed by atoms with E-state index >= 15 is 0 Å². The van der Waals surface area contributed by atoms with Gasteiger partial charge in [0, 0.05) is 12.5 Å². The van der Waals surface area contributed by atoms with Crippen molar-refractivity contribution in [2.75, 3.05) is 0 Å². The summed E-state index contributed by atoms with van der Waals surface area (Å²) in [5.74, 6) is 2.37. The molecule has 1 aliphatic carbocycles. The van der Waals surface area contributed by atoms with Crippen molar-refractivity contribution in [2.45, 2.75) is 32.2 Å². The molecule has 0 spiro atoms. The van der Waals surface area contributed by atoms with E-state index in [2.05, 4.69) is 4.98 Å². The van der Waals surface area contributed by atoms with Crippen LogP contribution >= 0.6 is 0 Å². The standard InChI is InChI=1S/C8H12N2O/c1-5-7(4-9)10-8(11-5)6-2-3-6/h6H,2-4,9H2,1H3. The van der Waals surface area contributed by atoms with Crippen LogP contribution in [0.4, 0.5) is 0 Å². The van der Waals surface area contributed by atoms with Crippen molar-refractivity contribution in [3.63, 3.8) is 0 Å². The lowest BCUT2D eigenvalue weighted by Gasteiger charge is -1.84. The third kappa shape index (κ3) is 1.16. The molecule has 2 N–H and O–H groups in total. The molecule has 3 nitrogen and oxygen atoms in total. The van der Waals surface area contributed by atoms with Gasteiger partial charge in [0.15, 0.2) is 5.89 Å². The largest absolute Gasteiger partial charge is 0.445 e. The fraction of sp³-hybridized carbons (Fsp3) is 0.625. The molecule has 0 bridgehead atoms. The molecule has 1 heterocycles. The molecule has 0 radical (unpaired) electrons. The lowest BCUT2D eigenvalue weighted by molar-refractivity contribution is 0.472. The smallest absolute Gasteiger partial charge is 0.197 e. The van der Waals surface area contributed by atoms with Gasteiger partial charge >= 0.3 is 0 Å². The summed E-state index contributed by atoms with van der Waals surface area (Å²) in [4.78, 5) is 4.30. The molecule has 1 aliphatic rings. The van der Waals surface area contributed by atoms with Crippen molar-refractivity contribution < 1.29 is 4.42 Å². The summed E-state index contributed by atoms with van der Waals surface area (Å²) >= 11 is 0. The van der Waals surface area contributed by atoms with Crippen LogP contribution in [0.5, 0.6) is 0 Å². The number of oxazole rings is 1. The Morgan fingerprint density at radius 2 is 2.36 bits per heavy atom. The van der Waals surface area contributed by atoms with Gasteiger partial charge in [-0.1, -0.05) is 0 Å². The van der Waals surface area contributed by atoms with E-state index in [9.17, 15) is 0 Å². The van der Waals surface area contributed by atoms with E-state index in [0.29, 0.717) is 12.5 Å². The first kappa shape index (κ1) is 6.85. The summed E-state index contributed by atoms with van der Waals surface area (Å²) in [6, 6.07) is 0. The minimum Gasteiger partial charge on any atom is -0.445 e. The van der Waals surface area contributed by atoms with Crippen molar-refractivity contribution in [2.24, 2.45) is 5.73 Å². The van der Waals surface area contributed by atoms with Crippen LogP contribution in [0.25, 0.3) is 0 Å². The lowest BCUT2D eigenvalue weighted by atomic mass is 10.4. The zero-order chi connectivity index (χ0) is 7.84. The van der Waals surface area contributed by atoms with Crippen LogP contribution in [0.15, 0.2) is 4.42 Å². The zero-order valence-corrected chi connectivity index (χ0v) is 6.63. The predicted molar refractivity (Wildman–Crippen MR) is 41.1 cm³/mol. The number of nitrogens with zero attached hydrogens (tertiary/aromatic N) is 1. The first-order valence-corrected chi connectivity index (χ1v) is 3.97. The van der Waals surface area contributed by atoms with Crippen LogP contribution in [-0.2, 0) is 6.54 Å². The predicted octanol–water partition coefficient (Wildman–Crippen LogP) is 1.32. The summed E-state index contributed by atoms with van der Waals surface area (Å²) in [5, 5.41) is 0. The lowest BCUT2D eigenvalue weighted by Crippen LogP contribution is -1.98. The van der Waals surface area contributed by atoms with Gasteiger partial charge in [-0.15, -0.1) is 0 Å². The van der Waals surface area contributed by atoms with E-state index in [4.69, 9.17) is 10.2 Å². The Morgan fingerprint density at radius 3 is 2.82 bits per heavy atom. The molecule has 1 fully saturated rings. The average Bonchev–Trinajstić information content (AvgIpc) is 2.76. The normalized spacial score (nSPS) is 17.3. The number of rotatable bonds is 2. The molecule has 60 valence electrons. The van der Waals surface area contributed by atoms with Crippen LogP contribution in [0, 0.1) is 6.92 Å². The number of nitrogens with two attached hydrogens (primary N) is 1. The number of aromatic nitrogens is 1. The summed E-state index contributed by atoms with van der Waals surface area (Å²) in [5.41, 5.74) is 6.37. The Balaban J connectivity index is 2.28. The molecule has 1 saturated carbocycles. The van der Waals surface area contributed by atoms with Gasteiger partial charge in [0.05, 0.1) is 5.69 Å². The van der Waals surface area contributed by atoms with Gasteiger partial charge in [-0.25, -0.2) is 4.98 Å². The summed E-state index contributed by atoms with van der Waals surface area (Å²) in [6.45, 7) is 2.41. The highest BCUT2D eigenvalue weighted by Crippen LogP contribution is 2.39. The Bertz CT molecular complexity index is 263. The molecule has 3 heteroatoms. The average molecular weight is 152 g/mol. The van der Waals surface area contributed by atoms with Gasteiger partial charge in [0.25, 0.3) is 0 Å². The third-order valence-electron chi connectivity index (χ3n) is 2.03. The van der Waals surface area contributed by atoms with Crippen LogP contribution in [0.3, 0.4) is 0 Å². The van der Waals surface area contributed by atoms with Gasteiger partial charge in [0.1, 0.15) is 5.76 Å². The maximum absolute atomic E-state index is 5.46. The number of hydrogen-bond donors (Lipinski definition) is 1. The SMILES string of the molecule is Cc1oc(C2CC2)nc1CN. The first-order chi connectivity index (χ1) is 5.31. The van der Waals surface area contributed by atoms with Crippen molar-refractivity contribution in [3.8, 4) is 0 Å². The minimum absolute atomic E-state index is 0.488. The minimum atomic E-state index is 0.488. The molecule has 11 heavy (non-hydrogen) atoms. The van der Waals surface area contributed by atoms with Crippen molar-refractivity contribution in [3.05, 3.63) is 17.3 Å². The van der Waals surface area contributed by atoms with E-state index in [1.807, 2.05) is 6.92 Å². The van der Waals surface area contributed by atoms with Crippen molar-refractivity contribution in [1.82, 2.24) is 4.98 Å². The van der Waals surface area contributed by atoms with Crippen LogP contribution in [0.2, 0.25) is 0 Å². The first-order valence-electron chi connectivity index (χ1n) is 3.97. The summed E-state index contributed by atoms with van der Waals surface area (Å²) in [6.07, 6.45) is 2.45. The van der Waals surface area contributed by atoms with E-state index in [1.165, 1.54) is 12.8 Å². The highest BCUT2D eigenvalue weighted by molar-refractivity contribution is 5.12. The maximum Gasteiger partial charge on any atom is 0.197 e. The third-order valence-corrected chi connectivity index (χ3v) is 2.03. The van der Waals surface area contributed by atoms with Gasteiger partial charge in [-0.2, -0.15) is 0 Å². The molecule has 1 aromatic rings. The molecule has 0 aliphatic heterocycles.